The van der Waals surface area contributed by atoms with Gasteiger partial charge in [0.1, 0.15) is 4.90 Å². The fourth-order valence-electron chi connectivity index (χ4n) is 2.76. The van der Waals surface area contributed by atoms with E-state index in [9.17, 15) is 8.42 Å². The van der Waals surface area contributed by atoms with Crippen LogP contribution in [0.15, 0.2) is 23.1 Å². The molecule has 0 amide bonds. The molecule has 1 heterocycles. The molecular formula is C13H21N3O2S. The van der Waals surface area contributed by atoms with Crippen molar-refractivity contribution in [1.82, 2.24) is 0 Å². The molecule has 1 saturated heterocycles. The summed E-state index contributed by atoms with van der Waals surface area (Å²) in [6, 6.07) is 5.41. The van der Waals surface area contributed by atoms with Crippen LogP contribution in [0.1, 0.15) is 26.7 Å². The Kier molecular flexibility index (Phi) is 3.73. The zero-order valence-electron chi connectivity index (χ0n) is 11.3. The molecule has 0 spiro atoms. The van der Waals surface area contributed by atoms with Gasteiger partial charge >= 0.3 is 0 Å². The minimum atomic E-state index is -3.75. The van der Waals surface area contributed by atoms with Crippen LogP contribution < -0.4 is 15.8 Å². The van der Waals surface area contributed by atoms with E-state index in [1.165, 1.54) is 6.07 Å². The van der Waals surface area contributed by atoms with Gasteiger partial charge in [-0.1, -0.05) is 6.92 Å². The number of hydrogen-bond acceptors (Lipinski definition) is 4. The number of hydrogen-bond donors (Lipinski definition) is 2. The summed E-state index contributed by atoms with van der Waals surface area (Å²) in [4.78, 5) is 2.26. The van der Waals surface area contributed by atoms with E-state index < -0.39 is 10.0 Å². The molecule has 1 aliphatic rings. The Labute approximate surface area is 114 Å². The molecule has 1 fully saturated rings. The van der Waals surface area contributed by atoms with Crippen LogP contribution in [0.4, 0.5) is 11.4 Å². The van der Waals surface area contributed by atoms with Gasteiger partial charge in [0.25, 0.3) is 0 Å². The monoisotopic (exact) mass is 283 g/mol. The summed E-state index contributed by atoms with van der Waals surface area (Å²) in [7, 11) is -3.75. The first-order valence-corrected chi connectivity index (χ1v) is 8.02. The number of anilines is 2. The van der Waals surface area contributed by atoms with E-state index in [0.29, 0.717) is 6.04 Å². The first-order chi connectivity index (χ1) is 8.79. The molecule has 5 nitrogen and oxygen atoms in total. The van der Waals surface area contributed by atoms with Crippen molar-refractivity contribution in [1.29, 1.82) is 0 Å². The van der Waals surface area contributed by atoms with Crippen molar-refractivity contribution < 1.29 is 8.42 Å². The number of primary sulfonamides is 1. The van der Waals surface area contributed by atoms with E-state index in [1.807, 2.05) is 0 Å². The van der Waals surface area contributed by atoms with Gasteiger partial charge in [0.2, 0.25) is 10.0 Å². The van der Waals surface area contributed by atoms with Crippen LogP contribution in [0.5, 0.6) is 0 Å². The number of nitrogens with zero attached hydrogens (tertiary/aromatic N) is 1. The molecule has 1 aromatic carbocycles. The molecular weight excluding hydrogens is 262 g/mol. The van der Waals surface area contributed by atoms with Crippen LogP contribution in [-0.2, 0) is 10.0 Å². The van der Waals surface area contributed by atoms with Gasteiger partial charge in [-0.05, 0) is 43.9 Å². The van der Waals surface area contributed by atoms with E-state index >= 15 is 0 Å². The molecule has 0 saturated carbocycles. The normalized spacial score (nSPS) is 24.5. The summed E-state index contributed by atoms with van der Waals surface area (Å²) in [6.07, 6.45) is 2.28. The Hall–Kier alpha value is -1.27. The van der Waals surface area contributed by atoms with Crippen LogP contribution in [-0.4, -0.2) is 21.0 Å². The standard InChI is InChI=1S/C13H21N3O2S/c1-9-5-6-16(10(2)7-9)11-3-4-13(12(14)8-11)19(15,17)18/h3-4,8-10H,5-7,14H2,1-2H3,(H2,15,17,18). The van der Waals surface area contributed by atoms with E-state index in [2.05, 4.69) is 18.7 Å². The first-order valence-electron chi connectivity index (χ1n) is 6.48. The number of piperidine rings is 1. The predicted molar refractivity (Wildman–Crippen MR) is 77.4 cm³/mol. The molecule has 2 rings (SSSR count). The molecule has 1 aromatic rings. The Morgan fingerprint density at radius 1 is 1.32 bits per heavy atom. The smallest absolute Gasteiger partial charge is 0.240 e. The van der Waals surface area contributed by atoms with Crippen molar-refractivity contribution in [2.45, 2.75) is 37.6 Å². The van der Waals surface area contributed by atoms with Gasteiger partial charge < -0.3 is 10.6 Å². The highest BCUT2D eigenvalue weighted by Gasteiger charge is 2.24. The Balaban J connectivity index is 2.30. The molecule has 2 atom stereocenters. The van der Waals surface area contributed by atoms with Gasteiger partial charge in [0, 0.05) is 18.3 Å². The van der Waals surface area contributed by atoms with Crippen LogP contribution in [0, 0.1) is 5.92 Å². The third-order valence-electron chi connectivity index (χ3n) is 3.77. The van der Waals surface area contributed by atoms with Gasteiger partial charge in [-0.25, -0.2) is 13.6 Å². The molecule has 0 bridgehead atoms. The number of nitrogens with two attached hydrogens (primary N) is 2. The summed E-state index contributed by atoms with van der Waals surface area (Å²) in [6.45, 7) is 5.40. The quantitative estimate of drug-likeness (QED) is 0.806. The lowest BCUT2D eigenvalue weighted by molar-refractivity contribution is 0.378. The van der Waals surface area contributed by atoms with Crippen LogP contribution >= 0.6 is 0 Å². The molecule has 106 valence electrons. The van der Waals surface area contributed by atoms with Gasteiger partial charge in [0.15, 0.2) is 0 Å². The number of benzene rings is 1. The highest BCUT2D eigenvalue weighted by atomic mass is 32.2. The van der Waals surface area contributed by atoms with E-state index in [0.717, 1.165) is 31.0 Å². The third-order valence-corrected chi connectivity index (χ3v) is 4.75. The maximum absolute atomic E-state index is 11.3. The van der Waals surface area contributed by atoms with Crippen LogP contribution in [0.2, 0.25) is 0 Å². The van der Waals surface area contributed by atoms with E-state index in [-0.39, 0.29) is 10.6 Å². The minimum absolute atomic E-state index is 0.00530. The molecule has 6 heteroatoms. The third kappa shape index (κ3) is 3.01. The predicted octanol–water partition coefficient (Wildman–Crippen LogP) is 1.54. The SMILES string of the molecule is CC1CCN(c2ccc(S(N)(=O)=O)c(N)c2)C(C)C1. The average Bonchev–Trinajstić information content (AvgIpc) is 2.26. The Morgan fingerprint density at radius 3 is 2.53 bits per heavy atom. The van der Waals surface area contributed by atoms with Crippen LogP contribution in [0.25, 0.3) is 0 Å². The van der Waals surface area contributed by atoms with Gasteiger partial charge in [0.05, 0.1) is 5.69 Å². The summed E-state index contributed by atoms with van der Waals surface area (Å²) < 4.78 is 22.7. The van der Waals surface area contributed by atoms with Crippen molar-refractivity contribution in [3.05, 3.63) is 18.2 Å². The summed E-state index contributed by atoms with van der Waals surface area (Å²) >= 11 is 0. The topological polar surface area (TPSA) is 89.4 Å². The number of nitrogen functional groups attached to an aromatic ring is 1. The second kappa shape index (κ2) is 5.02. The molecule has 4 N–H and O–H groups in total. The van der Waals surface area contributed by atoms with E-state index in [4.69, 9.17) is 10.9 Å². The Bertz CT molecular complexity index is 571. The molecule has 19 heavy (non-hydrogen) atoms. The summed E-state index contributed by atoms with van der Waals surface area (Å²) in [5, 5.41) is 5.11. The van der Waals surface area contributed by atoms with Gasteiger partial charge in [-0.3, -0.25) is 0 Å². The van der Waals surface area contributed by atoms with Crippen molar-refractivity contribution in [2.24, 2.45) is 11.1 Å². The number of sulfonamides is 1. The molecule has 0 radical (unpaired) electrons. The maximum atomic E-state index is 11.3. The zero-order chi connectivity index (χ0) is 14.2. The molecule has 0 aliphatic carbocycles. The first kappa shape index (κ1) is 14.1. The summed E-state index contributed by atoms with van der Waals surface area (Å²) in [5.74, 6) is 0.729. The Morgan fingerprint density at radius 2 is 2.00 bits per heavy atom. The second-order valence-corrected chi connectivity index (χ2v) is 6.97. The number of rotatable bonds is 2. The van der Waals surface area contributed by atoms with Crippen LogP contribution in [0.3, 0.4) is 0 Å². The molecule has 0 aromatic heterocycles. The maximum Gasteiger partial charge on any atom is 0.240 e. The molecule has 2 unspecified atom stereocenters. The lowest BCUT2D eigenvalue weighted by Crippen LogP contribution is -2.40. The lowest BCUT2D eigenvalue weighted by Gasteiger charge is -2.38. The average molecular weight is 283 g/mol. The fraction of sp³-hybridized carbons (Fsp3) is 0.538. The fourth-order valence-corrected chi connectivity index (χ4v) is 3.41. The largest absolute Gasteiger partial charge is 0.398 e. The van der Waals surface area contributed by atoms with Gasteiger partial charge in [-0.15, -0.1) is 0 Å². The second-order valence-electron chi connectivity index (χ2n) is 5.44. The zero-order valence-corrected chi connectivity index (χ0v) is 12.2. The van der Waals surface area contributed by atoms with Crippen molar-refractivity contribution >= 4 is 21.4 Å². The van der Waals surface area contributed by atoms with Crippen molar-refractivity contribution in [2.75, 3.05) is 17.2 Å². The lowest BCUT2D eigenvalue weighted by atomic mass is 9.93. The van der Waals surface area contributed by atoms with Crippen molar-refractivity contribution in [3.63, 3.8) is 0 Å². The van der Waals surface area contributed by atoms with E-state index in [1.54, 1.807) is 12.1 Å². The van der Waals surface area contributed by atoms with Gasteiger partial charge in [-0.2, -0.15) is 0 Å². The molecule has 1 aliphatic heterocycles. The highest BCUT2D eigenvalue weighted by Crippen LogP contribution is 2.30. The highest BCUT2D eigenvalue weighted by molar-refractivity contribution is 7.89. The summed E-state index contributed by atoms with van der Waals surface area (Å²) in [5.41, 5.74) is 6.98. The minimum Gasteiger partial charge on any atom is -0.398 e. The van der Waals surface area contributed by atoms with Crippen molar-refractivity contribution in [3.8, 4) is 0 Å².